The first kappa shape index (κ1) is 19.6. The summed E-state index contributed by atoms with van der Waals surface area (Å²) in [5, 5.41) is 2.99. The van der Waals surface area contributed by atoms with Gasteiger partial charge in [0.1, 0.15) is 16.2 Å². The van der Waals surface area contributed by atoms with E-state index in [1.54, 1.807) is 11.5 Å². The summed E-state index contributed by atoms with van der Waals surface area (Å²) in [6, 6.07) is 0. The number of rotatable bonds is 7. The third-order valence-electron chi connectivity index (χ3n) is 4.63. The lowest BCUT2D eigenvalue weighted by molar-refractivity contribution is 0.596. The van der Waals surface area contributed by atoms with Crippen molar-refractivity contribution in [3.63, 3.8) is 0 Å². The Morgan fingerprint density at radius 1 is 1.17 bits per heavy atom. The highest BCUT2D eigenvalue weighted by Crippen LogP contribution is 2.31. The van der Waals surface area contributed by atoms with Crippen molar-refractivity contribution in [2.45, 2.75) is 37.8 Å². The minimum Gasteiger partial charge on any atom is -0.358 e. The number of aromatic nitrogens is 6. The van der Waals surface area contributed by atoms with Crippen LogP contribution in [0.2, 0.25) is 5.28 Å². The first-order valence-corrected chi connectivity index (χ1v) is 11.1. The van der Waals surface area contributed by atoms with Crippen molar-refractivity contribution >= 4 is 38.4 Å². The van der Waals surface area contributed by atoms with Crippen LogP contribution in [0.3, 0.4) is 0 Å². The lowest BCUT2D eigenvalue weighted by Crippen LogP contribution is -2.27. The summed E-state index contributed by atoms with van der Waals surface area (Å²) in [4.78, 5) is 33.5. The normalized spacial score (nSPS) is 14.3. The zero-order chi connectivity index (χ0) is 20.6. The van der Waals surface area contributed by atoms with Crippen LogP contribution in [-0.4, -0.2) is 43.7 Å². The monoisotopic (exact) mass is 435 g/mol. The fourth-order valence-electron chi connectivity index (χ4n) is 2.78. The predicted molar refractivity (Wildman–Crippen MR) is 106 cm³/mol. The van der Waals surface area contributed by atoms with E-state index in [9.17, 15) is 13.2 Å². The van der Waals surface area contributed by atoms with E-state index < -0.39 is 9.84 Å². The van der Waals surface area contributed by atoms with Crippen molar-refractivity contribution < 1.29 is 8.42 Å². The predicted octanol–water partition coefficient (Wildman–Crippen LogP) is 1.45. The fraction of sp³-hybridized carbons (Fsp3) is 0.412. The molecule has 3 aromatic rings. The molecule has 0 amide bonds. The van der Waals surface area contributed by atoms with Gasteiger partial charge in [-0.15, -0.1) is 0 Å². The molecule has 0 atom stereocenters. The van der Waals surface area contributed by atoms with Gasteiger partial charge < -0.3 is 5.32 Å². The molecule has 3 heterocycles. The van der Waals surface area contributed by atoms with Gasteiger partial charge in [0.05, 0.1) is 18.5 Å². The molecule has 0 spiro atoms. The summed E-state index contributed by atoms with van der Waals surface area (Å²) in [6.07, 6.45) is 6.13. The Balaban J connectivity index is 1.62. The van der Waals surface area contributed by atoms with Crippen molar-refractivity contribution in [2.75, 3.05) is 11.1 Å². The molecule has 0 aliphatic heterocycles. The van der Waals surface area contributed by atoms with E-state index in [1.165, 1.54) is 18.6 Å². The molecule has 1 N–H and O–H groups in total. The molecule has 12 heteroatoms. The van der Waals surface area contributed by atoms with Crippen LogP contribution in [0.15, 0.2) is 28.3 Å². The average molecular weight is 436 g/mol. The molecule has 152 valence electrons. The van der Waals surface area contributed by atoms with E-state index in [-0.39, 0.29) is 33.9 Å². The minimum absolute atomic E-state index is 0.0262. The zero-order valence-electron chi connectivity index (χ0n) is 15.5. The van der Waals surface area contributed by atoms with Crippen molar-refractivity contribution in [2.24, 2.45) is 5.92 Å². The van der Waals surface area contributed by atoms with Crippen LogP contribution in [0, 0.1) is 5.92 Å². The molecule has 29 heavy (non-hydrogen) atoms. The Labute approximate surface area is 171 Å². The number of sulfone groups is 1. The van der Waals surface area contributed by atoms with E-state index in [0.717, 1.165) is 12.8 Å². The largest absolute Gasteiger partial charge is 0.358 e. The molecule has 1 aliphatic rings. The summed E-state index contributed by atoms with van der Waals surface area (Å²) in [5.74, 6) is 0.873. The van der Waals surface area contributed by atoms with E-state index in [2.05, 4.69) is 30.2 Å². The Morgan fingerprint density at radius 3 is 2.55 bits per heavy atom. The Kier molecular flexibility index (Phi) is 5.17. The summed E-state index contributed by atoms with van der Waals surface area (Å²) in [6.45, 7) is 2.21. The van der Waals surface area contributed by atoms with Crippen molar-refractivity contribution in [3.05, 3.63) is 40.1 Å². The second kappa shape index (κ2) is 7.64. The van der Waals surface area contributed by atoms with Gasteiger partial charge in [-0.1, -0.05) is 6.92 Å². The van der Waals surface area contributed by atoms with Gasteiger partial charge in [-0.05, 0) is 30.4 Å². The topological polar surface area (TPSA) is 133 Å². The first-order chi connectivity index (χ1) is 13.9. The number of nitrogens with zero attached hydrogens (tertiary/aromatic N) is 6. The molecule has 0 unspecified atom stereocenters. The Morgan fingerprint density at radius 2 is 1.90 bits per heavy atom. The van der Waals surface area contributed by atoms with Gasteiger partial charge in [-0.3, -0.25) is 9.36 Å². The highest BCUT2D eigenvalue weighted by molar-refractivity contribution is 7.91. The molecule has 0 radical (unpaired) electrons. The van der Waals surface area contributed by atoms with Gasteiger partial charge in [0.2, 0.25) is 5.28 Å². The maximum absolute atomic E-state index is 12.9. The quantitative estimate of drug-likeness (QED) is 0.547. The molecular formula is C17H18ClN7O3S. The van der Waals surface area contributed by atoms with E-state index in [0.29, 0.717) is 29.5 Å². The van der Waals surface area contributed by atoms with Crippen LogP contribution in [-0.2, 0) is 22.9 Å². The molecule has 1 fully saturated rings. The van der Waals surface area contributed by atoms with Crippen LogP contribution in [0.5, 0.6) is 0 Å². The van der Waals surface area contributed by atoms with Crippen LogP contribution in [0.1, 0.15) is 25.6 Å². The summed E-state index contributed by atoms with van der Waals surface area (Å²) < 4.78 is 25.3. The van der Waals surface area contributed by atoms with Gasteiger partial charge in [0.25, 0.3) is 5.56 Å². The summed E-state index contributed by atoms with van der Waals surface area (Å²) in [5.41, 5.74) is 0.532. The smallest absolute Gasteiger partial charge is 0.294 e. The van der Waals surface area contributed by atoms with Crippen LogP contribution < -0.4 is 10.9 Å². The van der Waals surface area contributed by atoms with Crippen LogP contribution in [0.4, 0.5) is 5.82 Å². The Bertz CT molecular complexity index is 1220. The standard InChI is InChI=1S/C17H18ClN7O3S/c1-2-29(27,28)11-5-19-13(20-6-11)8-21-14-16(26)25(9-10-3-4-10)15-12(23-14)7-22-17(18)24-15/h5-7,10H,2-4,8-9H2,1H3,(H,21,23). The van der Waals surface area contributed by atoms with Crippen LogP contribution in [0.25, 0.3) is 11.2 Å². The second-order valence-corrected chi connectivity index (χ2v) is 9.38. The lowest BCUT2D eigenvalue weighted by Gasteiger charge is -2.12. The molecule has 3 aromatic heterocycles. The molecule has 10 nitrogen and oxygen atoms in total. The molecule has 0 bridgehead atoms. The Hall–Kier alpha value is -2.66. The van der Waals surface area contributed by atoms with Gasteiger partial charge in [-0.2, -0.15) is 4.98 Å². The molecule has 0 saturated heterocycles. The third kappa shape index (κ3) is 4.20. The lowest BCUT2D eigenvalue weighted by atomic mass is 10.4. The van der Waals surface area contributed by atoms with Gasteiger partial charge in [0, 0.05) is 18.9 Å². The molecule has 1 saturated carbocycles. The zero-order valence-corrected chi connectivity index (χ0v) is 17.1. The number of fused-ring (bicyclic) bond motifs is 1. The van der Waals surface area contributed by atoms with Gasteiger partial charge in [-0.25, -0.2) is 28.4 Å². The average Bonchev–Trinajstić information content (AvgIpc) is 3.54. The summed E-state index contributed by atoms with van der Waals surface area (Å²) >= 11 is 5.89. The van der Waals surface area contributed by atoms with E-state index in [4.69, 9.17) is 11.6 Å². The maximum atomic E-state index is 12.9. The highest BCUT2D eigenvalue weighted by atomic mass is 35.5. The first-order valence-electron chi connectivity index (χ1n) is 9.08. The second-order valence-electron chi connectivity index (χ2n) is 6.76. The highest BCUT2D eigenvalue weighted by Gasteiger charge is 2.24. The molecule has 1 aliphatic carbocycles. The number of hydrogen-bond acceptors (Lipinski definition) is 9. The fourth-order valence-corrected chi connectivity index (χ4v) is 3.67. The SMILES string of the molecule is CCS(=O)(=O)c1cnc(CNc2nc3cnc(Cl)nc3n(CC3CC3)c2=O)nc1. The van der Waals surface area contributed by atoms with Crippen molar-refractivity contribution in [1.29, 1.82) is 0 Å². The van der Waals surface area contributed by atoms with Crippen molar-refractivity contribution in [1.82, 2.24) is 29.5 Å². The summed E-state index contributed by atoms with van der Waals surface area (Å²) in [7, 11) is -3.36. The minimum atomic E-state index is -3.36. The van der Waals surface area contributed by atoms with Crippen LogP contribution >= 0.6 is 11.6 Å². The van der Waals surface area contributed by atoms with Gasteiger partial charge in [0.15, 0.2) is 21.3 Å². The molecule has 4 rings (SSSR count). The maximum Gasteiger partial charge on any atom is 0.294 e. The number of anilines is 1. The number of halogens is 1. The number of hydrogen-bond donors (Lipinski definition) is 1. The van der Waals surface area contributed by atoms with Gasteiger partial charge >= 0.3 is 0 Å². The van der Waals surface area contributed by atoms with Crippen molar-refractivity contribution in [3.8, 4) is 0 Å². The third-order valence-corrected chi connectivity index (χ3v) is 6.50. The molecular weight excluding hydrogens is 418 g/mol. The molecule has 0 aromatic carbocycles. The van der Waals surface area contributed by atoms with E-state index >= 15 is 0 Å². The number of nitrogens with one attached hydrogen (secondary N) is 1. The van der Waals surface area contributed by atoms with E-state index in [1.807, 2.05) is 0 Å².